The van der Waals surface area contributed by atoms with Gasteiger partial charge in [-0.05, 0) is 25.1 Å². The van der Waals surface area contributed by atoms with Gasteiger partial charge in [-0.15, -0.1) is 0 Å². The van der Waals surface area contributed by atoms with Crippen LogP contribution in [0.1, 0.15) is 18.5 Å². The van der Waals surface area contributed by atoms with Gasteiger partial charge in [-0.1, -0.05) is 36.4 Å². The molecule has 100 valence electrons. The molecule has 0 spiro atoms. The van der Waals surface area contributed by atoms with Crippen LogP contribution in [0.25, 0.3) is 10.9 Å². The summed E-state index contributed by atoms with van der Waals surface area (Å²) in [6, 6.07) is 17.5. The molecule has 1 unspecified atom stereocenters. The van der Waals surface area contributed by atoms with Gasteiger partial charge in [-0.25, -0.2) is 0 Å². The largest absolute Gasteiger partial charge is 0.508 e. The number of rotatable bonds is 3. The van der Waals surface area contributed by atoms with Gasteiger partial charge >= 0.3 is 0 Å². The Morgan fingerprint density at radius 2 is 1.80 bits per heavy atom. The van der Waals surface area contributed by atoms with Gasteiger partial charge in [0.1, 0.15) is 5.75 Å². The summed E-state index contributed by atoms with van der Waals surface area (Å²) in [6.07, 6.45) is 1.82. The van der Waals surface area contributed by atoms with E-state index in [1.54, 1.807) is 6.07 Å². The average Bonchev–Trinajstić information content (AvgIpc) is 2.47. The summed E-state index contributed by atoms with van der Waals surface area (Å²) in [7, 11) is 0. The zero-order chi connectivity index (χ0) is 13.9. The first-order valence-corrected chi connectivity index (χ1v) is 6.63. The Balaban J connectivity index is 1.87. The second-order valence-electron chi connectivity index (χ2n) is 4.84. The standard InChI is InChI=1S/C17H16N2O/c1-12(15-7-3-5-9-17(15)20)19-14-10-13-6-2-4-8-16(13)18-11-14/h2-12,19-20H,1H3. The van der Waals surface area contributed by atoms with E-state index in [1.165, 1.54) is 0 Å². The van der Waals surface area contributed by atoms with Crippen molar-refractivity contribution < 1.29 is 5.11 Å². The van der Waals surface area contributed by atoms with Crippen LogP contribution >= 0.6 is 0 Å². The first-order chi connectivity index (χ1) is 9.74. The average molecular weight is 264 g/mol. The van der Waals surface area contributed by atoms with E-state index in [4.69, 9.17) is 0 Å². The van der Waals surface area contributed by atoms with E-state index >= 15 is 0 Å². The fraction of sp³-hybridized carbons (Fsp3) is 0.118. The summed E-state index contributed by atoms with van der Waals surface area (Å²) in [5, 5.41) is 14.3. The smallest absolute Gasteiger partial charge is 0.120 e. The van der Waals surface area contributed by atoms with E-state index in [1.807, 2.05) is 55.6 Å². The lowest BCUT2D eigenvalue weighted by molar-refractivity contribution is 0.465. The number of phenolic OH excluding ortho intramolecular Hbond substituents is 1. The van der Waals surface area contributed by atoms with Gasteiger partial charge in [0.15, 0.2) is 0 Å². The summed E-state index contributed by atoms with van der Waals surface area (Å²) in [5.74, 6) is 0.307. The first kappa shape index (κ1) is 12.5. The van der Waals surface area contributed by atoms with Crippen molar-refractivity contribution in [2.75, 3.05) is 5.32 Å². The lowest BCUT2D eigenvalue weighted by Gasteiger charge is -2.16. The molecule has 0 aliphatic carbocycles. The number of fused-ring (bicyclic) bond motifs is 1. The van der Waals surface area contributed by atoms with Crippen molar-refractivity contribution in [2.24, 2.45) is 0 Å². The zero-order valence-corrected chi connectivity index (χ0v) is 11.2. The van der Waals surface area contributed by atoms with Gasteiger partial charge in [-0.3, -0.25) is 4.98 Å². The maximum Gasteiger partial charge on any atom is 0.120 e. The van der Waals surface area contributed by atoms with Crippen LogP contribution in [0, 0.1) is 0 Å². The molecule has 0 saturated heterocycles. The quantitative estimate of drug-likeness (QED) is 0.748. The Bertz CT molecular complexity index is 740. The first-order valence-electron chi connectivity index (χ1n) is 6.63. The molecule has 0 bridgehead atoms. The molecule has 3 nitrogen and oxygen atoms in total. The van der Waals surface area contributed by atoms with Crippen LogP contribution in [0.2, 0.25) is 0 Å². The van der Waals surface area contributed by atoms with Crippen molar-refractivity contribution >= 4 is 16.6 Å². The third-order valence-electron chi connectivity index (χ3n) is 3.38. The van der Waals surface area contributed by atoms with E-state index in [9.17, 15) is 5.11 Å². The Labute approximate surface area is 117 Å². The summed E-state index contributed by atoms with van der Waals surface area (Å²) in [4.78, 5) is 4.43. The molecule has 0 aliphatic heterocycles. The van der Waals surface area contributed by atoms with Crippen LogP contribution in [-0.2, 0) is 0 Å². The Morgan fingerprint density at radius 3 is 2.65 bits per heavy atom. The van der Waals surface area contributed by atoms with E-state index in [2.05, 4.69) is 16.4 Å². The van der Waals surface area contributed by atoms with Crippen LogP contribution in [0.5, 0.6) is 5.75 Å². The second-order valence-corrected chi connectivity index (χ2v) is 4.84. The number of phenols is 1. The summed E-state index contributed by atoms with van der Waals surface area (Å²) in [5.41, 5.74) is 2.80. The van der Waals surface area contributed by atoms with Crippen molar-refractivity contribution in [1.82, 2.24) is 4.98 Å². The van der Waals surface area contributed by atoms with Crippen molar-refractivity contribution in [3.63, 3.8) is 0 Å². The van der Waals surface area contributed by atoms with Crippen molar-refractivity contribution in [3.8, 4) is 5.75 Å². The molecule has 0 aliphatic rings. The van der Waals surface area contributed by atoms with Crippen LogP contribution in [-0.4, -0.2) is 10.1 Å². The molecule has 2 aromatic carbocycles. The highest BCUT2D eigenvalue weighted by molar-refractivity contribution is 5.81. The lowest BCUT2D eigenvalue weighted by atomic mass is 10.1. The molecule has 3 aromatic rings. The molecule has 3 heteroatoms. The molecule has 20 heavy (non-hydrogen) atoms. The molecular weight excluding hydrogens is 248 g/mol. The van der Waals surface area contributed by atoms with E-state index < -0.39 is 0 Å². The summed E-state index contributed by atoms with van der Waals surface area (Å²) >= 11 is 0. The minimum atomic E-state index is 0.0131. The number of aromatic hydroxyl groups is 1. The van der Waals surface area contributed by atoms with Gasteiger partial charge in [0.2, 0.25) is 0 Å². The second kappa shape index (κ2) is 5.21. The molecule has 0 fully saturated rings. The maximum absolute atomic E-state index is 9.88. The number of aromatic nitrogens is 1. The van der Waals surface area contributed by atoms with Gasteiger partial charge in [0, 0.05) is 10.9 Å². The molecule has 0 radical (unpaired) electrons. The summed E-state index contributed by atoms with van der Waals surface area (Å²) < 4.78 is 0. The minimum Gasteiger partial charge on any atom is -0.508 e. The molecule has 1 heterocycles. The molecule has 3 rings (SSSR count). The predicted molar refractivity (Wildman–Crippen MR) is 81.9 cm³/mol. The third kappa shape index (κ3) is 2.43. The predicted octanol–water partition coefficient (Wildman–Crippen LogP) is 4.11. The van der Waals surface area contributed by atoms with Crippen LogP contribution < -0.4 is 5.32 Å². The minimum absolute atomic E-state index is 0.0131. The highest BCUT2D eigenvalue weighted by Gasteiger charge is 2.09. The Morgan fingerprint density at radius 1 is 1.05 bits per heavy atom. The monoisotopic (exact) mass is 264 g/mol. The van der Waals surface area contributed by atoms with Gasteiger partial charge in [0.25, 0.3) is 0 Å². The normalized spacial score (nSPS) is 12.2. The molecule has 0 saturated carbocycles. The van der Waals surface area contributed by atoms with Gasteiger partial charge in [-0.2, -0.15) is 0 Å². The fourth-order valence-electron chi connectivity index (χ4n) is 2.33. The number of para-hydroxylation sites is 2. The van der Waals surface area contributed by atoms with Gasteiger partial charge in [0.05, 0.1) is 23.4 Å². The lowest BCUT2D eigenvalue weighted by Crippen LogP contribution is -2.07. The molecule has 2 N–H and O–H groups in total. The van der Waals surface area contributed by atoms with Crippen molar-refractivity contribution in [3.05, 3.63) is 66.4 Å². The SMILES string of the molecule is CC(Nc1cnc2ccccc2c1)c1ccccc1O. The van der Waals surface area contributed by atoms with E-state index in [-0.39, 0.29) is 6.04 Å². The Hall–Kier alpha value is -2.55. The topological polar surface area (TPSA) is 45.2 Å². The molecule has 1 aromatic heterocycles. The number of nitrogens with zero attached hydrogens (tertiary/aromatic N) is 1. The third-order valence-corrected chi connectivity index (χ3v) is 3.38. The van der Waals surface area contributed by atoms with Gasteiger partial charge < -0.3 is 10.4 Å². The summed E-state index contributed by atoms with van der Waals surface area (Å²) in [6.45, 7) is 2.02. The number of pyridine rings is 1. The Kier molecular flexibility index (Phi) is 3.25. The van der Waals surface area contributed by atoms with Crippen LogP contribution in [0.4, 0.5) is 5.69 Å². The number of hydrogen-bond donors (Lipinski definition) is 2. The fourth-order valence-corrected chi connectivity index (χ4v) is 2.33. The highest BCUT2D eigenvalue weighted by atomic mass is 16.3. The van der Waals surface area contributed by atoms with E-state index in [0.717, 1.165) is 22.2 Å². The number of anilines is 1. The zero-order valence-electron chi connectivity index (χ0n) is 11.2. The van der Waals surface area contributed by atoms with Crippen LogP contribution in [0.3, 0.4) is 0 Å². The highest BCUT2D eigenvalue weighted by Crippen LogP contribution is 2.27. The number of hydrogen-bond acceptors (Lipinski definition) is 3. The number of benzene rings is 2. The van der Waals surface area contributed by atoms with Crippen molar-refractivity contribution in [2.45, 2.75) is 13.0 Å². The molecule has 0 amide bonds. The van der Waals surface area contributed by atoms with Crippen LogP contribution in [0.15, 0.2) is 60.8 Å². The maximum atomic E-state index is 9.88. The molecular formula is C17H16N2O. The molecule has 1 atom stereocenters. The van der Waals surface area contributed by atoms with Crippen molar-refractivity contribution in [1.29, 1.82) is 0 Å². The number of nitrogens with one attached hydrogen (secondary N) is 1. The van der Waals surface area contributed by atoms with E-state index in [0.29, 0.717) is 5.75 Å².